The fraction of sp³-hybridized carbons (Fsp3) is 0.261. The van der Waals surface area contributed by atoms with E-state index in [0.717, 1.165) is 14.3 Å². The van der Waals surface area contributed by atoms with Crippen LogP contribution in [0.2, 0.25) is 0 Å². The molecule has 2 aliphatic heterocycles. The summed E-state index contributed by atoms with van der Waals surface area (Å²) in [4.78, 5) is 51.5. The molecule has 4 rings (SSSR count). The summed E-state index contributed by atoms with van der Waals surface area (Å²) in [7, 11) is 0. The highest BCUT2D eigenvalue weighted by Crippen LogP contribution is 2.41. The number of rotatable bonds is 10. The monoisotopic (exact) mass is 609 g/mol. The largest absolute Gasteiger partial charge is 0.477 e. The van der Waals surface area contributed by atoms with Gasteiger partial charge in [-0.2, -0.15) is 4.57 Å². The second-order valence-corrected chi connectivity index (χ2v) is 12.0. The first-order valence-corrected chi connectivity index (χ1v) is 14.5. The zero-order chi connectivity index (χ0) is 25.8. The first-order chi connectivity index (χ1) is 17.2. The summed E-state index contributed by atoms with van der Waals surface area (Å²) in [6.45, 7) is 0.0782. The lowest BCUT2D eigenvalue weighted by atomic mass is 10.0. The number of carbonyl (C=O) groups is 4. The number of nitrogens with one attached hydrogen (secondary N) is 1. The van der Waals surface area contributed by atoms with Crippen LogP contribution in [0.3, 0.4) is 0 Å². The molecule has 188 valence electrons. The summed E-state index contributed by atoms with van der Waals surface area (Å²) in [6.07, 6.45) is 3.46. The third-order valence-electron chi connectivity index (χ3n) is 5.34. The number of nitrogens with two attached hydrogens (primary N) is 1. The minimum atomic E-state index is -1.16. The van der Waals surface area contributed by atoms with Gasteiger partial charge in [0.15, 0.2) is 12.4 Å². The predicted octanol–water partition coefficient (Wildman–Crippen LogP) is 1.84. The van der Waals surface area contributed by atoms with E-state index in [-0.39, 0.29) is 23.9 Å². The number of amides is 3. The topological polar surface area (TPSA) is 134 Å². The summed E-state index contributed by atoms with van der Waals surface area (Å²) in [6, 6.07) is 10.5. The number of halogens is 1. The number of carboxylic acid groups (broad SMARTS) is 1. The second-order valence-electron chi connectivity index (χ2n) is 7.92. The Hall–Kier alpha value is -2.48. The average Bonchev–Trinajstić information content (AvgIpc) is 2.84. The Morgan fingerprint density at radius 2 is 1.94 bits per heavy atom. The minimum absolute atomic E-state index is 0.00927. The quantitative estimate of drug-likeness (QED) is 0.211. The van der Waals surface area contributed by atoms with Gasteiger partial charge in [0, 0.05) is 37.9 Å². The normalized spacial score (nSPS) is 18.9. The van der Waals surface area contributed by atoms with E-state index in [2.05, 4.69) is 21.2 Å². The number of benzene rings is 1. The van der Waals surface area contributed by atoms with Crippen LogP contribution in [0.4, 0.5) is 0 Å². The van der Waals surface area contributed by atoms with Crippen molar-refractivity contribution in [1.82, 2.24) is 10.2 Å². The number of β-lactam (4-membered cyclic amide) rings is 1. The summed E-state index contributed by atoms with van der Waals surface area (Å²) < 4.78 is 2.57. The molecule has 1 saturated heterocycles. The van der Waals surface area contributed by atoms with Crippen LogP contribution >= 0.6 is 51.2 Å². The highest BCUT2D eigenvalue weighted by molar-refractivity contribution is 9.10. The van der Waals surface area contributed by atoms with E-state index in [1.54, 1.807) is 17.0 Å². The van der Waals surface area contributed by atoms with Gasteiger partial charge in [0.1, 0.15) is 17.1 Å². The van der Waals surface area contributed by atoms with E-state index < -0.39 is 29.2 Å². The Morgan fingerprint density at radius 3 is 2.61 bits per heavy atom. The summed E-state index contributed by atoms with van der Waals surface area (Å²) in [5.74, 6) is -1.31. The highest BCUT2D eigenvalue weighted by Gasteiger charge is 2.54. The molecule has 1 fully saturated rings. The Labute approximate surface area is 228 Å². The predicted molar refractivity (Wildman–Crippen MR) is 141 cm³/mol. The zero-order valence-corrected chi connectivity index (χ0v) is 22.8. The van der Waals surface area contributed by atoms with E-state index >= 15 is 0 Å². The third-order valence-corrected chi connectivity index (χ3v) is 9.27. The lowest BCUT2D eigenvalue weighted by Crippen LogP contribution is -2.70. The zero-order valence-electron chi connectivity index (χ0n) is 18.8. The van der Waals surface area contributed by atoms with Crippen LogP contribution < -0.4 is 15.6 Å². The number of pyridine rings is 1. The molecule has 0 spiro atoms. The van der Waals surface area contributed by atoms with E-state index in [0.29, 0.717) is 17.1 Å². The van der Waals surface area contributed by atoms with Crippen molar-refractivity contribution < 1.29 is 28.9 Å². The van der Waals surface area contributed by atoms with Gasteiger partial charge in [-0.25, -0.2) is 4.79 Å². The number of primary amides is 1. The lowest BCUT2D eigenvalue weighted by Gasteiger charge is -2.49. The van der Waals surface area contributed by atoms with E-state index in [1.165, 1.54) is 40.2 Å². The van der Waals surface area contributed by atoms with Crippen LogP contribution in [-0.4, -0.2) is 62.4 Å². The number of aromatic nitrogens is 1. The van der Waals surface area contributed by atoms with E-state index in [4.69, 9.17) is 5.73 Å². The third kappa shape index (κ3) is 6.25. The van der Waals surface area contributed by atoms with Crippen molar-refractivity contribution in [3.8, 4) is 0 Å². The average molecular weight is 611 g/mol. The Balaban J connectivity index is 1.36. The molecule has 36 heavy (non-hydrogen) atoms. The van der Waals surface area contributed by atoms with Gasteiger partial charge in [-0.15, -0.1) is 35.3 Å². The molecule has 0 radical (unpaired) electrons. The minimum Gasteiger partial charge on any atom is -0.477 e. The van der Waals surface area contributed by atoms with E-state index in [9.17, 15) is 24.3 Å². The fourth-order valence-electron chi connectivity index (χ4n) is 3.71. The maximum absolute atomic E-state index is 12.9. The van der Waals surface area contributed by atoms with Gasteiger partial charge in [-0.3, -0.25) is 19.3 Å². The fourth-order valence-corrected chi connectivity index (χ4v) is 7.40. The smallest absolute Gasteiger partial charge is 0.352 e. The summed E-state index contributed by atoms with van der Waals surface area (Å²) in [5.41, 5.74) is 5.83. The molecule has 3 amide bonds. The van der Waals surface area contributed by atoms with Crippen LogP contribution in [0.15, 0.2) is 74.3 Å². The number of hydrogen-bond donors (Lipinski definition) is 3. The number of thioether (sulfide) groups is 3. The molecule has 1 aromatic heterocycles. The van der Waals surface area contributed by atoms with Crippen molar-refractivity contribution >= 4 is 74.9 Å². The van der Waals surface area contributed by atoms with Crippen LogP contribution in [0.5, 0.6) is 0 Å². The van der Waals surface area contributed by atoms with Gasteiger partial charge in [0.25, 0.3) is 11.8 Å². The van der Waals surface area contributed by atoms with Crippen molar-refractivity contribution in [1.29, 1.82) is 0 Å². The van der Waals surface area contributed by atoms with Crippen molar-refractivity contribution in [2.45, 2.75) is 27.8 Å². The maximum atomic E-state index is 12.9. The van der Waals surface area contributed by atoms with Gasteiger partial charge in [-0.1, -0.05) is 22.0 Å². The number of carboxylic acids is 1. The lowest BCUT2D eigenvalue weighted by molar-refractivity contribution is -0.684. The van der Waals surface area contributed by atoms with Crippen LogP contribution in [0, 0.1) is 0 Å². The van der Waals surface area contributed by atoms with Gasteiger partial charge in [-0.05, 0) is 23.8 Å². The molecule has 2 aromatic rings. The second kappa shape index (κ2) is 11.7. The van der Waals surface area contributed by atoms with Crippen molar-refractivity contribution in [3.05, 3.63) is 64.5 Å². The highest BCUT2D eigenvalue weighted by atomic mass is 79.9. The molecule has 0 aliphatic carbocycles. The molecule has 13 heteroatoms. The molecule has 9 nitrogen and oxygen atoms in total. The van der Waals surface area contributed by atoms with Crippen molar-refractivity contribution in [2.24, 2.45) is 5.73 Å². The Kier molecular flexibility index (Phi) is 8.65. The Bertz CT molecular complexity index is 1240. The number of hydrogen-bond acceptors (Lipinski definition) is 7. The molecule has 3 heterocycles. The first kappa shape index (κ1) is 26.6. The summed E-state index contributed by atoms with van der Waals surface area (Å²) in [5, 5.41) is 12.2. The van der Waals surface area contributed by atoms with Crippen LogP contribution in [0.1, 0.15) is 0 Å². The number of nitrogens with zero attached hydrogens (tertiary/aromatic N) is 2. The molecule has 1 aromatic carbocycles. The van der Waals surface area contributed by atoms with Crippen molar-refractivity contribution in [3.63, 3.8) is 0 Å². The molecule has 0 unspecified atom stereocenters. The van der Waals surface area contributed by atoms with Gasteiger partial charge < -0.3 is 16.2 Å². The molecular formula is C23H22BrN4O5S3+. The molecule has 4 N–H and O–H groups in total. The number of aliphatic carboxylic acids is 1. The summed E-state index contributed by atoms with van der Waals surface area (Å²) >= 11 is 7.64. The molecule has 0 saturated carbocycles. The molecular weight excluding hydrogens is 588 g/mol. The van der Waals surface area contributed by atoms with Gasteiger partial charge >= 0.3 is 5.97 Å². The van der Waals surface area contributed by atoms with Gasteiger partial charge in [0.05, 0.1) is 5.75 Å². The SMILES string of the molecule is NC(=O)C[n+]1ccc(SCC2=C(C(=O)O)N3C(=O)[C@@H](NC(=O)CSc4cccc(Br)c4)[C@H]3SC2)cc1. The number of carbonyl (C=O) groups excluding carboxylic acids is 3. The molecule has 2 aliphatic rings. The first-order valence-electron chi connectivity index (χ1n) is 10.7. The van der Waals surface area contributed by atoms with Gasteiger partial charge in [0.2, 0.25) is 12.5 Å². The molecule has 0 bridgehead atoms. The van der Waals surface area contributed by atoms with Crippen molar-refractivity contribution in [2.75, 3.05) is 17.3 Å². The number of fused-ring (bicyclic) bond motifs is 1. The van der Waals surface area contributed by atoms with Crippen LogP contribution in [0.25, 0.3) is 0 Å². The molecule has 2 atom stereocenters. The van der Waals surface area contributed by atoms with Crippen LogP contribution in [-0.2, 0) is 25.7 Å². The van der Waals surface area contributed by atoms with E-state index in [1.807, 2.05) is 36.4 Å². The maximum Gasteiger partial charge on any atom is 0.352 e. The standard InChI is InChI=1S/C23H21BrN4O5S3/c24-14-2-1-3-16(8-14)35-12-18(30)26-19-21(31)28-20(23(32)33)13(11-36-22(19)28)10-34-15-4-6-27(7-5-15)9-17(25)29/h1-8,19,22H,9-12H2,(H3-,25,26,29,30,32,33)/p+1/t19-,22-/m1/s1. The Morgan fingerprint density at radius 1 is 1.19 bits per heavy atom.